The molecule has 186 valence electrons. The number of hydrogen-bond acceptors (Lipinski definition) is 6. The first-order valence-electron chi connectivity index (χ1n) is 9.99. The van der Waals surface area contributed by atoms with Crippen LogP contribution in [0.3, 0.4) is 0 Å². The fraction of sp³-hybridized carbons (Fsp3) is 0.174. The molecule has 0 heterocycles. The number of methoxy groups -OCH3 is 2. The summed E-state index contributed by atoms with van der Waals surface area (Å²) in [4.78, 5) is 12.7. The topological polar surface area (TPSA) is 94.2 Å². The predicted molar refractivity (Wildman–Crippen MR) is 122 cm³/mol. The van der Waals surface area contributed by atoms with Crippen molar-refractivity contribution in [2.75, 3.05) is 30.4 Å². The van der Waals surface area contributed by atoms with E-state index in [1.54, 1.807) is 18.2 Å². The summed E-state index contributed by atoms with van der Waals surface area (Å²) in [7, 11) is -1.43. The van der Waals surface area contributed by atoms with E-state index in [9.17, 15) is 26.4 Å². The highest BCUT2D eigenvalue weighted by Crippen LogP contribution is 2.33. The number of rotatable bonds is 9. The van der Waals surface area contributed by atoms with Crippen LogP contribution >= 0.6 is 0 Å². The molecular formula is C23H21F3N2O6S. The summed E-state index contributed by atoms with van der Waals surface area (Å²) in [5.41, 5.74) is 0.265. The molecule has 0 saturated heterocycles. The van der Waals surface area contributed by atoms with Gasteiger partial charge in [-0.2, -0.15) is 0 Å². The maximum atomic E-state index is 13.5. The van der Waals surface area contributed by atoms with Crippen molar-refractivity contribution in [3.63, 3.8) is 0 Å². The van der Waals surface area contributed by atoms with Gasteiger partial charge in [0.15, 0.2) is 0 Å². The fourth-order valence-electron chi connectivity index (χ4n) is 3.08. The molecule has 0 atom stereocenters. The number of nitrogens with one attached hydrogen (secondary N) is 1. The Bertz CT molecular complexity index is 1260. The summed E-state index contributed by atoms with van der Waals surface area (Å²) in [6, 6.07) is 16.3. The van der Waals surface area contributed by atoms with Gasteiger partial charge in [-0.25, -0.2) is 8.42 Å². The van der Waals surface area contributed by atoms with Crippen molar-refractivity contribution < 1.29 is 40.6 Å². The first-order valence-corrected chi connectivity index (χ1v) is 11.4. The van der Waals surface area contributed by atoms with Crippen LogP contribution in [-0.2, 0) is 14.8 Å². The summed E-state index contributed by atoms with van der Waals surface area (Å²) < 4.78 is 79.0. The van der Waals surface area contributed by atoms with Crippen LogP contribution in [0.1, 0.15) is 0 Å². The number of anilines is 2. The van der Waals surface area contributed by atoms with Crippen molar-refractivity contribution in [2.45, 2.75) is 11.3 Å². The number of sulfonamides is 1. The van der Waals surface area contributed by atoms with Crippen LogP contribution in [0.4, 0.5) is 24.5 Å². The van der Waals surface area contributed by atoms with Gasteiger partial charge in [-0.15, -0.1) is 13.2 Å². The maximum absolute atomic E-state index is 13.5. The highest BCUT2D eigenvalue weighted by atomic mass is 32.2. The Kier molecular flexibility index (Phi) is 7.75. The molecule has 12 heteroatoms. The molecule has 35 heavy (non-hydrogen) atoms. The quantitative estimate of drug-likeness (QED) is 0.458. The van der Waals surface area contributed by atoms with E-state index in [1.807, 2.05) is 0 Å². The molecule has 3 aromatic carbocycles. The number of carbonyl (C=O) groups excluding carboxylic acids is 1. The number of amides is 1. The first-order chi connectivity index (χ1) is 16.5. The van der Waals surface area contributed by atoms with Crippen molar-refractivity contribution in [1.29, 1.82) is 0 Å². The predicted octanol–water partition coefficient (Wildman–Crippen LogP) is 4.44. The van der Waals surface area contributed by atoms with Crippen LogP contribution in [0.5, 0.6) is 17.2 Å². The molecule has 0 bridgehead atoms. The summed E-state index contributed by atoms with van der Waals surface area (Å²) >= 11 is 0. The van der Waals surface area contributed by atoms with Gasteiger partial charge in [-0.3, -0.25) is 9.10 Å². The summed E-state index contributed by atoms with van der Waals surface area (Å²) in [6.07, 6.45) is -4.85. The zero-order valence-electron chi connectivity index (χ0n) is 18.6. The fourth-order valence-corrected chi connectivity index (χ4v) is 4.51. The van der Waals surface area contributed by atoms with E-state index in [2.05, 4.69) is 10.1 Å². The van der Waals surface area contributed by atoms with Gasteiger partial charge in [0, 0.05) is 5.69 Å². The monoisotopic (exact) mass is 510 g/mol. The van der Waals surface area contributed by atoms with E-state index < -0.39 is 34.6 Å². The Balaban J connectivity index is 1.89. The van der Waals surface area contributed by atoms with Gasteiger partial charge in [0.1, 0.15) is 23.8 Å². The van der Waals surface area contributed by atoms with Gasteiger partial charge in [-0.1, -0.05) is 12.1 Å². The molecule has 3 aromatic rings. The molecular weight excluding hydrogens is 489 g/mol. The minimum absolute atomic E-state index is 0.0920. The highest BCUT2D eigenvalue weighted by Gasteiger charge is 2.31. The van der Waals surface area contributed by atoms with Crippen LogP contribution in [-0.4, -0.2) is 41.5 Å². The molecule has 0 spiro atoms. The van der Waals surface area contributed by atoms with Crippen LogP contribution in [0.25, 0.3) is 0 Å². The van der Waals surface area contributed by atoms with Crippen molar-refractivity contribution in [3.05, 3.63) is 72.8 Å². The molecule has 0 aliphatic heterocycles. The lowest BCUT2D eigenvalue weighted by Crippen LogP contribution is -2.38. The Morgan fingerprint density at radius 1 is 0.886 bits per heavy atom. The van der Waals surface area contributed by atoms with Gasteiger partial charge in [-0.05, 0) is 60.7 Å². The molecule has 3 rings (SSSR count). The lowest BCUT2D eigenvalue weighted by molar-refractivity contribution is -0.274. The maximum Gasteiger partial charge on any atom is 0.573 e. The van der Waals surface area contributed by atoms with Crippen molar-refractivity contribution in [3.8, 4) is 17.2 Å². The molecule has 0 radical (unpaired) electrons. The van der Waals surface area contributed by atoms with Crippen LogP contribution in [0.15, 0.2) is 77.7 Å². The lowest BCUT2D eigenvalue weighted by Gasteiger charge is -2.25. The SMILES string of the molecule is COc1ccc(S(=O)(=O)N(CC(=O)Nc2ccc(OC(F)(F)F)cc2)c2ccccc2OC)cc1. The minimum atomic E-state index is -4.85. The smallest absolute Gasteiger partial charge is 0.497 e. The molecule has 1 amide bonds. The third-order valence-electron chi connectivity index (χ3n) is 4.66. The first kappa shape index (κ1) is 25.7. The average Bonchev–Trinajstić information content (AvgIpc) is 2.83. The zero-order chi connectivity index (χ0) is 25.6. The molecule has 0 aromatic heterocycles. The van der Waals surface area contributed by atoms with E-state index in [1.165, 1.54) is 56.7 Å². The summed E-state index contributed by atoms with van der Waals surface area (Å²) in [6.45, 7) is -0.643. The normalized spacial score (nSPS) is 11.5. The van der Waals surface area contributed by atoms with E-state index in [-0.39, 0.29) is 22.0 Å². The molecule has 0 saturated carbocycles. The zero-order valence-corrected chi connectivity index (χ0v) is 19.4. The number of ether oxygens (including phenoxy) is 3. The largest absolute Gasteiger partial charge is 0.573 e. The molecule has 0 unspecified atom stereocenters. The molecule has 8 nitrogen and oxygen atoms in total. The second-order valence-corrected chi connectivity index (χ2v) is 8.84. The number of halogens is 3. The summed E-state index contributed by atoms with van der Waals surface area (Å²) in [5.74, 6) is -0.541. The Hall–Kier alpha value is -3.93. The number of nitrogens with zero attached hydrogens (tertiary/aromatic N) is 1. The van der Waals surface area contributed by atoms with E-state index in [0.29, 0.717) is 5.75 Å². The highest BCUT2D eigenvalue weighted by molar-refractivity contribution is 7.92. The van der Waals surface area contributed by atoms with Gasteiger partial charge in [0.05, 0.1) is 24.8 Å². The molecule has 0 aliphatic rings. The Morgan fingerprint density at radius 3 is 2.06 bits per heavy atom. The number of alkyl halides is 3. The van der Waals surface area contributed by atoms with Gasteiger partial charge < -0.3 is 19.5 Å². The van der Waals surface area contributed by atoms with Crippen LogP contribution < -0.4 is 23.8 Å². The third kappa shape index (κ3) is 6.57. The molecule has 0 fully saturated rings. The molecule has 1 N–H and O–H groups in total. The second kappa shape index (κ2) is 10.6. The van der Waals surface area contributed by atoms with Crippen LogP contribution in [0.2, 0.25) is 0 Å². The molecule has 0 aliphatic carbocycles. The Morgan fingerprint density at radius 2 is 1.49 bits per heavy atom. The average molecular weight is 510 g/mol. The van der Waals surface area contributed by atoms with Gasteiger partial charge in [0.25, 0.3) is 10.0 Å². The van der Waals surface area contributed by atoms with Crippen molar-refractivity contribution in [2.24, 2.45) is 0 Å². The van der Waals surface area contributed by atoms with Gasteiger partial charge in [0.2, 0.25) is 5.91 Å². The van der Waals surface area contributed by atoms with E-state index in [0.717, 1.165) is 16.4 Å². The summed E-state index contributed by atoms with van der Waals surface area (Å²) in [5, 5.41) is 2.47. The number of benzene rings is 3. The Labute approximate surface area is 199 Å². The van der Waals surface area contributed by atoms with E-state index in [4.69, 9.17) is 9.47 Å². The van der Waals surface area contributed by atoms with E-state index >= 15 is 0 Å². The second-order valence-electron chi connectivity index (χ2n) is 6.98. The lowest BCUT2D eigenvalue weighted by atomic mass is 10.3. The third-order valence-corrected chi connectivity index (χ3v) is 6.43. The number of hydrogen-bond donors (Lipinski definition) is 1. The van der Waals surface area contributed by atoms with Gasteiger partial charge >= 0.3 is 6.36 Å². The van der Waals surface area contributed by atoms with Crippen molar-refractivity contribution >= 4 is 27.3 Å². The van der Waals surface area contributed by atoms with Crippen molar-refractivity contribution in [1.82, 2.24) is 0 Å². The number of carbonyl (C=O) groups is 1. The van der Waals surface area contributed by atoms with Crippen LogP contribution in [0, 0.1) is 0 Å². The minimum Gasteiger partial charge on any atom is -0.497 e. The number of para-hydroxylation sites is 2. The standard InChI is InChI=1S/C23H21F3N2O6S/c1-32-17-11-13-19(14-12-17)35(30,31)28(20-5-3-4-6-21(20)33-2)15-22(29)27-16-7-9-18(10-8-16)34-23(24,25)26/h3-14H,15H2,1-2H3,(H,27,29).